The molecule has 3 rings (SSSR count). The Kier molecular flexibility index (Phi) is 6.06. The molecule has 0 aromatic carbocycles. The fourth-order valence-electron chi connectivity index (χ4n) is 3.40. The number of aromatic nitrogens is 1. The van der Waals surface area contributed by atoms with Crippen LogP contribution < -0.4 is 4.72 Å². The lowest BCUT2D eigenvalue weighted by Crippen LogP contribution is -2.44. The van der Waals surface area contributed by atoms with Gasteiger partial charge in [-0.05, 0) is 44.6 Å². The number of thiophene rings is 1. The van der Waals surface area contributed by atoms with Gasteiger partial charge < -0.3 is 4.52 Å². The zero-order valence-electron chi connectivity index (χ0n) is 15.2. The number of nitrogens with zero attached hydrogens (tertiary/aromatic N) is 2. The molecule has 3 heterocycles. The Hall–Kier alpha value is -1.27. The lowest BCUT2D eigenvalue weighted by atomic mass is 10.0. The summed E-state index contributed by atoms with van der Waals surface area (Å²) in [7, 11) is -7.29. The van der Waals surface area contributed by atoms with Crippen LogP contribution in [0.1, 0.15) is 37.1 Å². The van der Waals surface area contributed by atoms with Gasteiger partial charge in [-0.3, -0.25) is 0 Å². The Labute approximate surface area is 163 Å². The zero-order chi connectivity index (χ0) is 19.7. The molecule has 1 saturated heterocycles. The van der Waals surface area contributed by atoms with Gasteiger partial charge in [0, 0.05) is 19.1 Å². The summed E-state index contributed by atoms with van der Waals surface area (Å²) in [5.41, 5.74) is 0.305. The van der Waals surface area contributed by atoms with Crippen molar-refractivity contribution in [2.24, 2.45) is 0 Å². The van der Waals surface area contributed by atoms with Crippen LogP contribution in [0.5, 0.6) is 0 Å². The van der Waals surface area contributed by atoms with Gasteiger partial charge in [-0.2, -0.15) is 4.31 Å². The van der Waals surface area contributed by atoms with E-state index in [-0.39, 0.29) is 23.2 Å². The number of hydrogen-bond acceptors (Lipinski definition) is 7. The first kappa shape index (κ1) is 20.5. The van der Waals surface area contributed by atoms with Crippen molar-refractivity contribution in [3.8, 4) is 0 Å². The molecule has 1 fully saturated rings. The molecule has 1 N–H and O–H groups in total. The molecule has 8 nitrogen and oxygen atoms in total. The minimum absolute atomic E-state index is 0.0502. The third kappa shape index (κ3) is 4.27. The van der Waals surface area contributed by atoms with Crippen LogP contribution in [-0.2, 0) is 20.0 Å². The van der Waals surface area contributed by atoms with Crippen LogP contribution >= 0.6 is 11.3 Å². The van der Waals surface area contributed by atoms with Crippen LogP contribution in [0, 0.1) is 13.8 Å². The molecule has 150 valence electrons. The van der Waals surface area contributed by atoms with Crippen LogP contribution in [0.15, 0.2) is 31.1 Å². The van der Waals surface area contributed by atoms with Gasteiger partial charge in [0.05, 0.1) is 0 Å². The normalized spacial score (nSPS) is 19.4. The van der Waals surface area contributed by atoms with E-state index in [0.717, 1.165) is 19.3 Å². The highest BCUT2D eigenvalue weighted by Crippen LogP contribution is 2.29. The van der Waals surface area contributed by atoms with Gasteiger partial charge in [-0.25, -0.2) is 21.6 Å². The average molecular weight is 434 g/mol. The van der Waals surface area contributed by atoms with Gasteiger partial charge in [0.15, 0.2) is 5.76 Å². The summed E-state index contributed by atoms with van der Waals surface area (Å²) in [6.45, 7) is 3.72. The third-order valence-corrected chi connectivity index (χ3v) is 9.67. The summed E-state index contributed by atoms with van der Waals surface area (Å²) in [6.07, 6.45) is 2.87. The Morgan fingerprint density at radius 3 is 2.70 bits per heavy atom. The molecule has 0 saturated carbocycles. The van der Waals surface area contributed by atoms with Crippen LogP contribution in [0.2, 0.25) is 0 Å². The van der Waals surface area contributed by atoms with E-state index in [1.807, 2.05) is 0 Å². The van der Waals surface area contributed by atoms with Crippen molar-refractivity contribution in [2.75, 3.05) is 13.1 Å². The molecule has 0 bridgehead atoms. The Morgan fingerprint density at radius 2 is 2.07 bits per heavy atom. The van der Waals surface area contributed by atoms with Gasteiger partial charge >= 0.3 is 0 Å². The summed E-state index contributed by atoms with van der Waals surface area (Å²) in [5, 5.41) is 5.41. The number of piperidine rings is 1. The van der Waals surface area contributed by atoms with E-state index in [0.29, 0.717) is 22.9 Å². The highest BCUT2D eigenvalue weighted by atomic mass is 32.2. The lowest BCUT2D eigenvalue weighted by molar-refractivity contribution is 0.242. The number of sulfonamides is 2. The van der Waals surface area contributed by atoms with E-state index in [1.54, 1.807) is 31.4 Å². The number of hydrogen-bond donors (Lipinski definition) is 1. The summed E-state index contributed by atoms with van der Waals surface area (Å²) in [4.78, 5) is 0.0502. The number of aryl methyl sites for hydroxylation is 2. The van der Waals surface area contributed by atoms with Crippen LogP contribution in [0.4, 0.5) is 0 Å². The van der Waals surface area contributed by atoms with Crippen LogP contribution in [0.25, 0.3) is 0 Å². The van der Waals surface area contributed by atoms with E-state index >= 15 is 0 Å². The van der Waals surface area contributed by atoms with Gasteiger partial charge in [0.2, 0.25) is 10.0 Å². The fourth-order valence-corrected chi connectivity index (χ4v) is 7.61. The predicted octanol–water partition coefficient (Wildman–Crippen LogP) is 2.26. The topological polar surface area (TPSA) is 110 Å². The van der Waals surface area contributed by atoms with Crippen molar-refractivity contribution in [1.82, 2.24) is 14.2 Å². The molecule has 0 amide bonds. The molecule has 0 spiro atoms. The Bertz CT molecular complexity index is 961. The SMILES string of the molecule is Cc1noc(C)c1S(=O)(=O)NCCC1CCCCN1S(=O)(=O)c1cccs1. The van der Waals surface area contributed by atoms with Crippen molar-refractivity contribution in [1.29, 1.82) is 0 Å². The monoisotopic (exact) mass is 433 g/mol. The highest BCUT2D eigenvalue weighted by Gasteiger charge is 2.34. The maximum absolute atomic E-state index is 12.9. The summed E-state index contributed by atoms with van der Waals surface area (Å²) in [5.74, 6) is 0.236. The summed E-state index contributed by atoms with van der Waals surface area (Å²) >= 11 is 1.20. The molecule has 0 aliphatic carbocycles. The molecule has 11 heteroatoms. The predicted molar refractivity (Wildman–Crippen MR) is 102 cm³/mol. The van der Waals surface area contributed by atoms with Crippen molar-refractivity contribution in [3.63, 3.8) is 0 Å². The van der Waals surface area contributed by atoms with Crippen molar-refractivity contribution in [3.05, 3.63) is 29.0 Å². The molecular weight excluding hydrogens is 410 g/mol. The maximum Gasteiger partial charge on any atom is 0.252 e. The van der Waals surface area contributed by atoms with Gasteiger partial charge in [-0.1, -0.05) is 17.6 Å². The summed E-state index contributed by atoms with van der Waals surface area (Å²) < 4.78 is 60.1. The highest BCUT2D eigenvalue weighted by molar-refractivity contribution is 7.91. The van der Waals surface area contributed by atoms with Gasteiger partial charge in [0.25, 0.3) is 10.0 Å². The number of nitrogens with one attached hydrogen (secondary N) is 1. The third-order valence-electron chi connectivity index (χ3n) is 4.64. The van der Waals surface area contributed by atoms with Crippen LogP contribution in [-0.4, -0.2) is 45.4 Å². The maximum atomic E-state index is 12.9. The molecule has 2 aromatic heterocycles. The second kappa shape index (κ2) is 8.00. The van der Waals surface area contributed by atoms with E-state index in [4.69, 9.17) is 4.52 Å². The van der Waals surface area contributed by atoms with E-state index in [9.17, 15) is 16.8 Å². The Morgan fingerprint density at radius 1 is 1.30 bits per heavy atom. The standard InChI is InChI=1S/C16H23N3O5S3/c1-12-16(13(2)24-18-12)26(20,21)17-9-8-14-6-3-4-10-19(14)27(22,23)15-7-5-11-25-15/h5,7,11,14,17H,3-4,6,8-10H2,1-2H3. The molecular formula is C16H23N3O5S3. The first-order chi connectivity index (χ1) is 12.7. The molecule has 2 aromatic rings. The first-order valence-corrected chi connectivity index (χ1v) is 12.5. The largest absolute Gasteiger partial charge is 0.360 e. The zero-order valence-corrected chi connectivity index (χ0v) is 17.7. The second-order valence-corrected chi connectivity index (χ2v) is 11.3. The first-order valence-electron chi connectivity index (χ1n) is 8.71. The van der Waals surface area contributed by atoms with Gasteiger partial charge in [0.1, 0.15) is 14.8 Å². The molecule has 1 aliphatic heterocycles. The van der Waals surface area contributed by atoms with E-state index in [2.05, 4.69) is 9.88 Å². The lowest BCUT2D eigenvalue weighted by Gasteiger charge is -2.34. The minimum atomic E-state index is -3.75. The van der Waals surface area contributed by atoms with Crippen LogP contribution in [0.3, 0.4) is 0 Å². The molecule has 1 atom stereocenters. The van der Waals surface area contributed by atoms with Crippen molar-refractivity contribution < 1.29 is 21.4 Å². The quantitative estimate of drug-likeness (QED) is 0.717. The van der Waals surface area contributed by atoms with E-state index in [1.165, 1.54) is 15.6 Å². The minimum Gasteiger partial charge on any atom is -0.360 e. The number of rotatable bonds is 7. The molecule has 1 unspecified atom stereocenters. The fraction of sp³-hybridized carbons (Fsp3) is 0.562. The molecule has 27 heavy (non-hydrogen) atoms. The summed E-state index contributed by atoms with van der Waals surface area (Å²) in [6, 6.07) is 3.10. The van der Waals surface area contributed by atoms with Gasteiger partial charge in [-0.15, -0.1) is 11.3 Å². The van der Waals surface area contributed by atoms with Crippen molar-refractivity contribution >= 4 is 31.4 Å². The van der Waals surface area contributed by atoms with Crippen molar-refractivity contribution in [2.45, 2.75) is 54.7 Å². The molecule has 0 radical (unpaired) electrons. The smallest absolute Gasteiger partial charge is 0.252 e. The van der Waals surface area contributed by atoms with E-state index < -0.39 is 20.0 Å². The molecule has 1 aliphatic rings. The Balaban J connectivity index is 1.69. The second-order valence-electron chi connectivity index (χ2n) is 6.54. The average Bonchev–Trinajstić information content (AvgIpc) is 3.26.